The monoisotopic (exact) mass is 799 g/mol. The summed E-state index contributed by atoms with van der Waals surface area (Å²) in [4.78, 5) is 10.5. The van der Waals surface area contributed by atoms with Gasteiger partial charge in [0.2, 0.25) is 0 Å². The minimum absolute atomic E-state index is 0.559. The van der Waals surface area contributed by atoms with Crippen molar-refractivity contribution in [2.24, 2.45) is 0 Å². The standard InChI is InChI=1S/C60H37N3/c61-38-39-22-32-51-52-33-31-47(36-56(52)60(55(51)34-39)53-20-9-7-18-49(53)50-19-8-10-21-54(50)60)46-16-11-17-48(35-46)59-62-57(44-27-23-42(24-28-44)40-12-3-1-4-13-40)37-58(63-59)45-29-25-43(26-30-45)41-14-5-2-6-15-41/h1-37H. The summed E-state index contributed by atoms with van der Waals surface area (Å²) in [6.07, 6.45) is 0. The van der Waals surface area contributed by atoms with Crippen molar-refractivity contribution in [3.05, 3.63) is 252 Å². The third kappa shape index (κ3) is 5.88. The van der Waals surface area contributed by atoms with Crippen LogP contribution in [0.25, 0.3) is 89.5 Å². The molecular formula is C60H37N3. The minimum Gasteiger partial charge on any atom is -0.228 e. The topological polar surface area (TPSA) is 49.6 Å². The lowest BCUT2D eigenvalue weighted by atomic mass is 9.70. The highest BCUT2D eigenvalue weighted by atomic mass is 14.9. The van der Waals surface area contributed by atoms with E-state index in [-0.39, 0.29) is 0 Å². The molecule has 1 heterocycles. The summed E-state index contributed by atoms with van der Waals surface area (Å²) in [7, 11) is 0. The lowest BCUT2D eigenvalue weighted by Crippen LogP contribution is -2.26. The molecule has 9 aromatic carbocycles. The van der Waals surface area contributed by atoms with Crippen LogP contribution in [0.4, 0.5) is 0 Å². The van der Waals surface area contributed by atoms with E-state index in [4.69, 9.17) is 9.97 Å². The van der Waals surface area contributed by atoms with Gasteiger partial charge in [-0.1, -0.05) is 194 Å². The maximum atomic E-state index is 10.1. The van der Waals surface area contributed by atoms with Crippen molar-refractivity contribution in [3.63, 3.8) is 0 Å². The van der Waals surface area contributed by atoms with Gasteiger partial charge in [0, 0.05) is 16.7 Å². The molecule has 2 aliphatic rings. The Balaban J connectivity index is 0.992. The lowest BCUT2D eigenvalue weighted by Gasteiger charge is -2.30. The number of fused-ring (bicyclic) bond motifs is 10. The van der Waals surface area contributed by atoms with Gasteiger partial charge in [-0.3, -0.25) is 0 Å². The molecule has 0 fully saturated rings. The van der Waals surface area contributed by atoms with Crippen molar-refractivity contribution in [1.82, 2.24) is 9.97 Å². The van der Waals surface area contributed by atoms with E-state index in [0.29, 0.717) is 11.4 Å². The molecule has 3 nitrogen and oxygen atoms in total. The van der Waals surface area contributed by atoms with Crippen molar-refractivity contribution in [1.29, 1.82) is 5.26 Å². The van der Waals surface area contributed by atoms with E-state index in [2.05, 4.69) is 212 Å². The molecule has 0 N–H and O–H groups in total. The van der Waals surface area contributed by atoms with E-state index in [1.54, 1.807) is 0 Å². The zero-order valence-corrected chi connectivity index (χ0v) is 34.2. The maximum absolute atomic E-state index is 10.1. The minimum atomic E-state index is -0.559. The summed E-state index contributed by atoms with van der Waals surface area (Å²) >= 11 is 0. The molecule has 0 aliphatic heterocycles. The Morgan fingerprint density at radius 3 is 1.29 bits per heavy atom. The van der Waals surface area contributed by atoms with Crippen molar-refractivity contribution in [3.8, 4) is 95.6 Å². The average Bonchev–Trinajstić information content (AvgIpc) is 3.83. The van der Waals surface area contributed by atoms with E-state index in [0.717, 1.165) is 55.9 Å². The fraction of sp³-hybridized carbons (Fsp3) is 0.0167. The second kappa shape index (κ2) is 14.6. The van der Waals surface area contributed by atoms with E-state index < -0.39 is 5.41 Å². The summed E-state index contributed by atoms with van der Waals surface area (Å²) in [5.74, 6) is 0.663. The summed E-state index contributed by atoms with van der Waals surface area (Å²) in [6, 6.07) is 82.0. The first-order chi connectivity index (χ1) is 31.2. The molecule has 2 aliphatic carbocycles. The smallest absolute Gasteiger partial charge is 0.160 e. The van der Waals surface area contributed by atoms with E-state index in [1.807, 2.05) is 18.2 Å². The van der Waals surface area contributed by atoms with Crippen molar-refractivity contribution < 1.29 is 0 Å². The molecule has 3 heteroatoms. The maximum Gasteiger partial charge on any atom is 0.160 e. The van der Waals surface area contributed by atoms with Gasteiger partial charge in [-0.05, 0) is 108 Å². The van der Waals surface area contributed by atoms with Gasteiger partial charge in [0.25, 0.3) is 0 Å². The number of nitriles is 1. The van der Waals surface area contributed by atoms with Crippen LogP contribution >= 0.6 is 0 Å². The number of hydrogen-bond acceptors (Lipinski definition) is 3. The van der Waals surface area contributed by atoms with Gasteiger partial charge in [0.05, 0.1) is 28.4 Å². The molecule has 0 saturated carbocycles. The van der Waals surface area contributed by atoms with Crippen LogP contribution in [0.2, 0.25) is 0 Å². The first-order valence-electron chi connectivity index (χ1n) is 21.4. The van der Waals surface area contributed by atoms with Crippen molar-refractivity contribution >= 4 is 0 Å². The van der Waals surface area contributed by atoms with Crippen LogP contribution in [0.1, 0.15) is 27.8 Å². The second-order valence-corrected chi connectivity index (χ2v) is 16.4. The van der Waals surface area contributed by atoms with E-state index in [1.165, 1.54) is 50.1 Å². The zero-order valence-electron chi connectivity index (χ0n) is 34.2. The molecule has 12 rings (SSSR count). The summed E-state index contributed by atoms with van der Waals surface area (Å²) in [6.45, 7) is 0. The van der Waals surface area contributed by atoms with Gasteiger partial charge in [-0.25, -0.2) is 9.97 Å². The van der Waals surface area contributed by atoms with Crippen molar-refractivity contribution in [2.45, 2.75) is 5.41 Å². The molecule has 0 radical (unpaired) electrons. The number of rotatable bonds is 6. The van der Waals surface area contributed by atoms with Gasteiger partial charge >= 0.3 is 0 Å². The summed E-state index contributed by atoms with van der Waals surface area (Å²) in [5, 5.41) is 10.1. The Labute approximate surface area is 366 Å². The normalized spacial score (nSPS) is 12.6. The number of benzene rings is 9. The lowest BCUT2D eigenvalue weighted by molar-refractivity contribution is 0.793. The van der Waals surface area contributed by atoms with E-state index in [9.17, 15) is 5.26 Å². The average molecular weight is 800 g/mol. The first kappa shape index (κ1) is 36.4. The van der Waals surface area contributed by atoms with Crippen LogP contribution in [-0.4, -0.2) is 9.97 Å². The fourth-order valence-corrected chi connectivity index (χ4v) is 10.0. The third-order valence-electron chi connectivity index (χ3n) is 13.0. The highest BCUT2D eigenvalue weighted by Crippen LogP contribution is 2.63. The molecule has 292 valence electrons. The number of aromatic nitrogens is 2. The van der Waals surface area contributed by atoms with Gasteiger partial charge in [0.1, 0.15) is 0 Å². The molecule has 10 aromatic rings. The molecular weight excluding hydrogens is 763 g/mol. The molecule has 0 atom stereocenters. The summed E-state index contributed by atoms with van der Waals surface area (Å²) in [5.41, 5.74) is 21.4. The van der Waals surface area contributed by atoms with Crippen LogP contribution < -0.4 is 0 Å². The highest BCUT2D eigenvalue weighted by Gasteiger charge is 2.51. The number of hydrogen-bond donors (Lipinski definition) is 0. The Morgan fingerprint density at radius 2 is 0.714 bits per heavy atom. The largest absolute Gasteiger partial charge is 0.228 e. The zero-order chi connectivity index (χ0) is 41.9. The summed E-state index contributed by atoms with van der Waals surface area (Å²) < 4.78 is 0. The first-order valence-corrected chi connectivity index (χ1v) is 21.4. The van der Waals surface area contributed by atoms with Crippen LogP contribution in [0.15, 0.2) is 224 Å². The van der Waals surface area contributed by atoms with Crippen LogP contribution in [0, 0.1) is 11.3 Å². The highest BCUT2D eigenvalue weighted by molar-refractivity contribution is 5.96. The van der Waals surface area contributed by atoms with Gasteiger partial charge in [0.15, 0.2) is 5.82 Å². The molecule has 63 heavy (non-hydrogen) atoms. The van der Waals surface area contributed by atoms with Crippen molar-refractivity contribution in [2.75, 3.05) is 0 Å². The van der Waals surface area contributed by atoms with E-state index >= 15 is 0 Å². The SMILES string of the molecule is N#Cc1ccc2c(c1)C1(c3ccccc3-c3ccccc31)c1cc(-c3cccc(-c4nc(-c5ccc(-c6ccccc6)cc5)cc(-c5ccc(-c6ccccc6)cc5)n4)c3)ccc1-2. The van der Waals surface area contributed by atoms with Crippen LogP contribution in [-0.2, 0) is 5.41 Å². The van der Waals surface area contributed by atoms with Gasteiger partial charge in [-0.2, -0.15) is 5.26 Å². The second-order valence-electron chi connectivity index (χ2n) is 16.4. The third-order valence-corrected chi connectivity index (χ3v) is 13.0. The number of nitrogens with zero attached hydrogens (tertiary/aromatic N) is 3. The molecule has 1 aromatic heterocycles. The molecule has 0 saturated heterocycles. The van der Waals surface area contributed by atoms with Gasteiger partial charge < -0.3 is 0 Å². The Bertz CT molecular complexity index is 3290. The molecule has 0 amide bonds. The predicted molar refractivity (Wildman–Crippen MR) is 256 cm³/mol. The molecule has 0 unspecified atom stereocenters. The van der Waals surface area contributed by atoms with Crippen LogP contribution in [0.5, 0.6) is 0 Å². The predicted octanol–water partition coefficient (Wildman–Crippen LogP) is 14.7. The van der Waals surface area contributed by atoms with Gasteiger partial charge in [-0.15, -0.1) is 0 Å². The Morgan fingerprint density at radius 1 is 0.302 bits per heavy atom. The fourth-order valence-electron chi connectivity index (χ4n) is 10.0. The molecule has 1 spiro atoms. The van der Waals surface area contributed by atoms with Crippen LogP contribution in [0.3, 0.4) is 0 Å². The Hall–Kier alpha value is -8.45. The molecule has 0 bridgehead atoms. The Kier molecular flexibility index (Phi) is 8.45. The quantitative estimate of drug-likeness (QED) is 0.168.